The van der Waals surface area contributed by atoms with Crippen LogP contribution in [0.15, 0.2) is 32.6 Å². The molecule has 1 amide bonds. The second-order valence-electron chi connectivity index (χ2n) is 5.42. The number of methoxy groups -OCH3 is 1. The first-order chi connectivity index (χ1) is 11.5. The average molecular weight is 410 g/mol. The van der Waals surface area contributed by atoms with Gasteiger partial charge in [-0.2, -0.15) is 4.98 Å². The number of nitrogens with one attached hydrogen (secondary N) is 1. The first-order valence-electron chi connectivity index (χ1n) is 7.24. The zero-order valence-electron chi connectivity index (χ0n) is 13.4. The quantitative estimate of drug-likeness (QED) is 0.623. The van der Waals surface area contributed by atoms with Crippen LogP contribution in [-0.4, -0.2) is 28.8 Å². The summed E-state index contributed by atoms with van der Waals surface area (Å²) in [6, 6.07) is 5.58. The third-order valence-electron chi connectivity index (χ3n) is 4.06. The minimum atomic E-state index is -0.335. The highest BCUT2D eigenvalue weighted by molar-refractivity contribution is 9.10. The van der Waals surface area contributed by atoms with E-state index in [1.165, 1.54) is 11.8 Å². The Labute approximate surface area is 151 Å². The van der Waals surface area contributed by atoms with Gasteiger partial charge >= 0.3 is 0 Å². The fourth-order valence-electron chi connectivity index (χ4n) is 2.90. The predicted octanol–water partition coefficient (Wildman–Crippen LogP) is 2.75. The fraction of sp³-hybridized carbons (Fsp3) is 0.312. The molecular formula is C16H16BrN3O3S. The van der Waals surface area contributed by atoms with Gasteiger partial charge in [-0.1, -0.05) is 17.8 Å². The average Bonchev–Trinajstić information content (AvgIpc) is 2.57. The number of carbonyl (C=O) groups is 1. The van der Waals surface area contributed by atoms with E-state index >= 15 is 0 Å². The molecule has 0 aliphatic carbocycles. The molecule has 1 aromatic carbocycles. The van der Waals surface area contributed by atoms with Crippen LogP contribution < -0.4 is 15.6 Å². The molecule has 0 saturated heterocycles. The van der Waals surface area contributed by atoms with Gasteiger partial charge in [0.1, 0.15) is 11.6 Å². The molecule has 3 rings (SSSR count). The summed E-state index contributed by atoms with van der Waals surface area (Å²) in [5, 5.41) is 3.38. The molecule has 1 atom stereocenters. The van der Waals surface area contributed by atoms with Crippen molar-refractivity contribution in [2.24, 2.45) is 7.05 Å². The van der Waals surface area contributed by atoms with E-state index in [4.69, 9.17) is 4.74 Å². The molecule has 6 nitrogen and oxygen atoms in total. The lowest BCUT2D eigenvalue weighted by atomic mass is 9.87. The lowest BCUT2D eigenvalue weighted by Crippen LogP contribution is -2.33. The minimum Gasteiger partial charge on any atom is -0.496 e. The molecule has 0 spiro atoms. The number of ether oxygens (including phenoxy) is 1. The number of amides is 1. The third-order valence-corrected chi connectivity index (χ3v) is 5.41. The molecule has 0 fully saturated rings. The second-order valence-corrected chi connectivity index (χ2v) is 7.05. The summed E-state index contributed by atoms with van der Waals surface area (Å²) in [4.78, 5) is 28.9. The maximum atomic E-state index is 12.6. The van der Waals surface area contributed by atoms with Gasteiger partial charge in [0.05, 0.1) is 17.1 Å². The van der Waals surface area contributed by atoms with Crippen LogP contribution >= 0.6 is 27.7 Å². The van der Waals surface area contributed by atoms with E-state index < -0.39 is 0 Å². The van der Waals surface area contributed by atoms with E-state index in [9.17, 15) is 9.59 Å². The standard InChI is InChI=1S/C16H16BrN3O3S/c1-20-14-13(15(22)19-16(20)24-3)9(7-12(21)18-14)8-4-5-11(23-2)10(17)6-8/h4-6,9H,7H2,1-3H3,(H,18,21). The molecule has 1 aliphatic heterocycles. The number of thioether (sulfide) groups is 1. The molecule has 1 aliphatic rings. The van der Waals surface area contributed by atoms with Gasteiger partial charge in [0.25, 0.3) is 5.56 Å². The van der Waals surface area contributed by atoms with Crippen molar-refractivity contribution in [2.45, 2.75) is 17.5 Å². The highest BCUT2D eigenvalue weighted by atomic mass is 79.9. The second kappa shape index (κ2) is 6.60. The number of hydrogen-bond donors (Lipinski definition) is 1. The molecular weight excluding hydrogens is 394 g/mol. The SMILES string of the molecule is COc1ccc(C2CC(=O)Nc3c2c(=O)nc(SC)n3C)cc1Br. The van der Waals surface area contributed by atoms with E-state index in [0.717, 1.165) is 10.0 Å². The van der Waals surface area contributed by atoms with Gasteiger partial charge in [-0.05, 0) is 39.9 Å². The number of rotatable bonds is 3. The first kappa shape index (κ1) is 17.0. The molecule has 0 radical (unpaired) electrons. The molecule has 2 aromatic rings. The first-order valence-corrected chi connectivity index (χ1v) is 9.26. The summed E-state index contributed by atoms with van der Waals surface area (Å²) in [5.74, 6) is 0.765. The molecule has 2 heterocycles. The van der Waals surface area contributed by atoms with Crippen LogP contribution in [0.5, 0.6) is 5.75 Å². The van der Waals surface area contributed by atoms with Crippen molar-refractivity contribution >= 4 is 39.4 Å². The van der Waals surface area contributed by atoms with Gasteiger partial charge in [0, 0.05) is 19.4 Å². The molecule has 24 heavy (non-hydrogen) atoms. The molecule has 1 N–H and O–H groups in total. The molecule has 1 unspecified atom stereocenters. The van der Waals surface area contributed by atoms with Crippen LogP contribution in [0.1, 0.15) is 23.5 Å². The highest BCUT2D eigenvalue weighted by Gasteiger charge is 2.32. The number of halogens is 1. The number of aromatic nitrogens is 2. The van der Waals surface area contributed by atoms with Crippen molar-refractivity contribution in [3.63, 3.8) is 0 Å². The smallest absolute Gasteiger partial charge is 0.279 e. The summed E-state index contributed by atoms with van der Waals surface area (Å²) in [5.41, 5.74) is 1.09. The maximum absolute atomic E-state index is 12.6. The number of anilines is 1. The molecule has 8 heteroatoms. The zero-order valence-corrected chi connectivity index (χ0v) is 15.8. The summed E-state index contributed by atoms with van der Waals surface area (Å²) in [6.45, 7) is 0. The lowest BCUT2D eigenvalue weighted by molar-refractivity contribution is -0.116. The highest BCUT2D eigenvalue weighted by Crippen LogP contribution is 2.38. The van der Waals surface area contributed by atoms with Crippen LogP contribution in [0.3, 0.4) is 0 Å². The molecule has 0 saturated carbocycles. The summed E-state index contributed by atoms with van der Waals surface area (Å²) >= 11 is 4.82. The van der Waals surface area contributed by atoms with Gasteiger partial charge in [0.2, 0.25) is 5.91 Å². The van der Waals surface area contributed by atoms with Gasteiger partial charge < -0.3 is 14.6 Å². The summed E-state index contributed by atoms with van der Waals surface area (Å²) in [6.07, 6.45) is 2.05. The Hall–Kier alpha value is -1.80. The normalized spacial score (nSPS) is 16.5. The van der Waals surface area contributed by atoms with Crippen LogP contribution in [0.4, 0.5) is 5.82 Å². The topological polar surface area (TPSA) is 73.2 Å². The van der Waals surface area contributed by atoms with Gasteiger partial charge in [0.15, 0.2) is 5.16 Å². The van der Waals surface area contributed by atoms with Crippen LogP contribution in [0.25, 0.3) is 0 Å². The van der Waals surface area contributed by atoms with Gasteiger partial charge in [-0.15, -0.1) is 0 Å². The van der Waals surface area contributed by atoms with Crippen molar-refractivity contribution in [3.05, 3.63) is 44.2 Å². The van der Waals surface area contributed by atoms with Crippen molar-refractivity contribution in [2.75, 3.05) is 18.7 Å². The van der Waals surface area contributed by atoms with Gasteiger partial charge in [-0.25, -0.2) is 0 Å². The Morgan fingerprint density at radius 3 is 2.79 bits per heavy atom. The van der Waals surface area contributed by atoms with Crippen molar-refractivity contribution in [3.8, 4) is 5.75 Å². The van der Waals surface area contributed by atoms with E-state index in [1.54, 1.807) is 18.7 Å². The van der Waals surface area contributed by atoms with E-state index in [0.29, 0.717) is 22.3 Å². The monoisotopic (exact) mass is 409 g/mol. The summed E-state index contributed by atoms with van der Waals surface area (Å²) in [7, 11) is 3.39. The Morgan fingerprint density at radius 1 is 1.42 bits per heavy atom. The van der Waals surface area contributed by atoms with Gasteiger partial charge in [-0.3, -0.25) is 9.59 Å². The Morgan fingerprint density at radius 2 is 2.17 bits per heavy atom. The number of nitrogens with zero attached hydrogens (tertiary/aromatic N) is 2. The van der Waals surface area contributed by atoms with Crippen LogP contribution in [0.2, 0.25) is 0 Å². The van der Waals surface area contributed by atoms with Crippen molar-refractivity contribution < 1.29 is 9.53 Å². The van der Waals surface area contributed by atoms with E-state index in [1.807, 2.05) is 24.5 Å². The van der Waals surface area contributed by atoms with Crippen LogP contribution in [0, 0.1) is 0 Å². The lowest BCUT2D eigenvalue weighted by Gasteiger charge is -2.27. The van der Waals surface area contributed by atoms with E-state index in [2.05, 4.69) is 26.2 Å². The molecule has 126 valence electrons. The Kier molecular flexibility index (Phi) is 4.69. The largest absolute Gasteiger partial charge is 0.496 e. The van der Waals surface area contributed by atoms with Crippen molar-refractivity contribution in [1.82, 2.24) is 9.55 Å². The Balaban J connectivity index is 2.19. The molecule has 1 aromatic heterocycles. The number of hydrogen-bond acceptors (Lipinski definition) is 5. The summed E-state index contributed by atoms with van der Waals surface area (Å²) < 4.78 is 7.78. The fourth-order valence-corrected chi connectivity index (χ4v) is 4.00. The Bertz CT molecular complexity index is 882. The van der Waals surface area contributed by atoms with Crippen molar-refractivity contribution in [1.29, 1.82) is 0 Å². The minimum absolute atomic E-state index is 0.118. The maximum Gasteiger partial charge on any atom is 0.279 e. The predicted molar refractivity (Wildman–Crippen MR) is 97.0 cm³/mol. The molecule has 0 bridgehead atoms. The van der Waals surface area contributed by atoms with Crippen LogP contribution in [-0.2, 0) is 11.8 Å². The number of carbonyl (C=O) groups excluding carboxylic acids is 1. The van der Waals surface area contributed by atoms with E-state index in [-0.39, 0.29) is 23.8 Å². The number of fused-ring (bicyclic) bond motifs is 1. The number of benzene rings is 1. The third kappa shape index (κ3) is 2.84. The zero-order chi connectivity index (χ0) is 17.4.